The summed E-state index contributed by atoms with van der Waals surface area (Å²) in [6.45, 7) is 10.7. The summed E-state index contributed by atoms with van der Waals surface area (Å²) in [4.78, 5) is 31.5. The Morgan fingerprint density at radius 3 is 1.49 bits per heavy atom. The van der Waals surface area contributed by atoms with Crippen LogP contribution in [0.3, 0.4) is 0 Å². The van der Waals surface area contributed by atoms with Crippen LogP contribution >= 0.6 is 0 Å². The molecule has 0 N–H and O–H groups in total. The topological polar surface area (TPSA) is 53.8 Å². The van der Waals surface area contributed by atoms with Gasteiger partial charge < -0.3 is 14.2 Å². The Morgan fingerprint density at radius 2 is 1.08 bits per heavy atom. The van der Waals surface area contributed by atoms with Gasteiger partial charge in [0.25, 0.3) is 0 Å². The van der Waals surface area contributed by atoms with Crippen molar-refractivity contribution >= 4 is 33.5 Å². The quantitative estimate of drug-likeness (QED) is 0.280. The van der Waals surface area contributed by atoms with Gasteiger partial charge in [0, 0.05) is 33.7 Å². The van der Waals surface area contributed by atoms with Crippen molar-refractivity contribution in [3.05, 3.63) is 47.5 Å². The van der Waals surface area contributed by atoms with E-state index < -0.39 is 0 Å². The first kappa shape index (κ1) is 26.1. The van der Waals surface area contributed by atoms with Crippen LogP contribution in [0.2, 0.25) is 0 Å². The number of rotatable bonds is 10. The van der Waals surface area contributed by atoms with Crippen LogP contribution in [0.15, 0.2) is 40.8 Å². The number of Topliss-reactive ketones (excluding diaryl/α,β-unsaturated/α-hetero) is 2. The first-order valence-corrected chi connectivity index (χ1v) is 14.5. The number of likely N-dealkylation sites (tertiary alicyclic amines) is 2. The number of benzene rings is 2. The second kappa shape index (κ2) is 11.9. The normalized spacial score (nSPS) is 19.3. The molecule has 0 spiro atoms. The molecule has 1 aromatic heterocycles. The van der Waals surface area contributed by atoms with E-state index in [1.54, 1.807) is 0 Å². The molecule has 0 aliphatic carbocycles. The third-order valence-electron chi connectivity index (χ3n) is 8.59. The maximum Gasteiger partial charge on any atom is 0.165 e. The highest BCUT2D eigenvalue weighted by atomic mass is 16.3. The molecule has 0 bridgehead atoms. The zero-order valence-electron chi connectivity index (χ0n) is 22.6. The van der Waals surface area contributed by atoms with Gasteiger partial charge in [0.2, 0.25) is 0 Å². The molecular formula is C32H42N2O3. The number of furan rings is 1. The molecule has 2 aliphatic rings. The number of ketones is 2. The Bertz CT molecular complexity index is 1140. The number of fused-ring (bicyclic) bond motifs is 3. The standard InChI is InChI=1S/C32H42N2O3/c1-23(13-19-33-15-5-3-6-16-33)31(35)25-9-11-29-27(21-25)28-22-26(10-12-30(28)37-29)32(36)24(2)14-20-34-17-7-4-8-18-34/h9-12,21-24H,3-8,13-20H2,1-2H3. The van der Waals surface area contributed by atoms with Crippen molar-refractivity contribution in [1.29, 1.82) is 0 Å². The van der Waals surface area contributed by atoms with E-state index in [0.29, 0.717) is 0 Å². The number of piperidine rings is 2. The van der Waals surface area contributed by atoms with Crippen molar-refractivity contribution < 1.29 is 14.0 Å². The first-order valence-electron chi connectivity index (χ1n) is 14.5. The second-order valence-corrected chi connectivity index (χ2v) is 11.4. The largest absolute Gasteiger partial charge is 0.456 e. The van der Waals surface area contributed by atoms with E-state index in [1.165, 1.54) is 38.5 Å². The Hall–Kier alpha value is -2.50. The minimum Gasteiger partial charge on any atom is -0.456 e. The smallest absolute Gasteiger partial charge is 0.165 e. The van der Waals surface area contributed by atoms with Crippen LogP contribution in [-0.4, -0.2) is 60.6 Å². The highest BCUT2D eigenvalue weighted by Crippen LogP contribution is 2.32. The van der Waals surface area contributed by atoms with Crippen LogP contribution in [0.5, 0.6) is 0 Å². The van der Waals surface area contributed by atoms with E-state index in [4.69, 9.17) is 4.42 Å². The number of hydrogen-bond donors (Lipinski definition) is 0. The predicted molar refractivity (Wildman–Crippen MR) is 151 cm³/mol. The maximum atomic E-state index is 13.3. The number of carbonyl (C=O) groups excluding carboxylic acids is 2. The lowest BCUT2D eigenvalue weighted by Crippen LogP contribution is -2.32. The molecule has 37 heavy (non-hydrogen) atoms. The fourth-order valence-electron chi connectivity index (χ4n) is 6.03. The molecule has 3 aromatic rings. The Morgan fingerprint density at radius 1 is 0.676 bits per heavy atom. The van der Waals surface area contributed by atoms with Crippen molar-refractivity contribution in [2.75, 3.05) is 39.3 Å². The summed E-state index contributed by atoms with van der Waals surface area (Å²) in [7, 11) is 0. The van der Waals surface area contributed by atoms with E-state index in [2.05, 4.69) is 9.80 Å². The van der Waals surface area contributed by atoms with Crippen LogP contribution in [-0.2, 0) is 0 Å². The van der Waals surface area contributed by atoms with E-state index in [0.717, 1.165) is 85.2 Å². The molecule has 198 valence electrons. The fourth-order valence-corrected chi connectivity index (χ4v) is 6.03. The number of nitrogens with zero attached hydrogens (tertiary/aromatic N) is 2. The summed E-state index contributed by atoms with van der Waals surface area (Å²) in [6.07, 6.45) is 9.52. The Balaban J connectivity index is 1.29. The summed E-state index contributed by atoms with van der Waals surface area (Å²) in [5.74, 6) is 0.338. The van der Waals surface area contributed by atoms with Gasteiger partial charge in [0.15, 0.2) is 11.6 Å². The van der Waals surface area contributed by atoms with Gasteiger partial charge in [-0.3, -0.25) is 9.59 Å². The van der Waals surface area contributed by atoms with Crippen LogP contribution in [0.1, 0.15) is 85.9 Å². The summed E-state index contributed by atoms with van der Waals surface area (Å²) in [5, 5.41) is 1.83. The van der Waals surface area contributed by atoms with Crippen LogP contribution in [0.25, 0.3) is 21.9 Å². The third-order valence-corrected chi connectivity index (χ3v) is 8.59. The fraction of sp³-hybridized carbons (Fsp3) is 0.562. The maximum absolute atomic E-state index is 13.3. The summed E-state index contributed by atoms with van der Waals surface area (Å²) < 4.78 is 6.06. The Kier molecular flexibility index (Phi) is 8.41. The highest BCUT2D eigenvalue weighted by molar-refractivity contribution is 6.11. The Labute approximate surface area is 221 Å². The first-order chi connectivity index (χ1) is 18.0. The molecule has 2 fully saturated rings. The number of hydrogen-bond acceptors (Lipinski definition) is 5. The lowest BCUT2D eigenvalue weighted by molar-refractivity contribution is 0.0904. The monoisotopic (exact) mass is 502 g/mol. The van der Waals surface area contributed by atoms with E-state index >= 15 is 0 Å². The zero-order chi connectivity index (χ0) is 25.8. The lowest BCUT2D eigenvalue weighted by atomic mass is 9.93. The van der Waals surface area contributed by atoms with Crippen LogP contribution in [0, 0.1) is 11.8 Å². The van der Waals surface area contributed by atoms with Crippen LogP contribution in [0.4, 0.5) is 0 Å². The molecule has 2 atom stereocenters. The molecule has 2 aliphatic heterocycles. The zero-order valence-corrected chi connectivity index (χ0v) is 22.6. The molecule has 0 amide bonds. The van der Waals surface area contributed by atoms with Crippen molar-refractivity contribution in [3.8, 4) is 0 Å². The van der Waals surface area contributed by atoms with Gasteiger partial charge >= 0.3 is 0 Å². The molecule has 5 nitrogen and oxygen atoms in total. The molecule has 2 saturated heterocycles. The van der Waals surface area contributed by atoms with Gasteiger partial charge in [-0.05, 0) is 114 Å². The molecule has 2 unspecified atom stereocenters. The highest BCUT2D eigenvalue weighted by Gasteiger charge is 2.21. The molecular weight excluding hydrogens is 460 g/mol. The minimum absolute atomic E-state index is 0.0181. The van der Waals surface area contributed by atoms with Gasteiger partial charge in [0.1, 0.15) is 11.2 Å². The van der Waals surface area contributed by atoms with Gasteiger partial charge in [-0.1, -0.05) is 26.7 Å². The average molecular weight is 503 g/mol. The SMILES string of the molecule is CC(CCN1CCCCC1)C(=O)c1ccc2oc3ccc(C(=O)C(C)CCN4CCCCC4)cc3c2c1. The van der Waals surface area contributed by atoms with Crippen LogP contribution < -0.4 is 0 Å². The summed E-state index contributed by atoms with van der Waals surface area (Å²) in [5.41, 5.74) is 2.98. The van der Waals surface area contributed by atoms with Gasteiger partial charge in [-0.2, -0.15) is 0 Å². The lowest BCUT2D eigenvalue weighted by Gasteiger charge is -2.27. The van der Waals surface area contributed by atoms with Crippen molar-refractivity contribution in [2.45, 2.75) is 65.2 Å². The molecule has 3 heterocycles. The van der Waals surface area contributed by atoms with Crippen molar-refractivity contribution in [2.24, 2.45) is 11.8 Å². The molecule has 5 heteroatoms. The summed E-state index contributed by atoms with van der Waals surface area (Å²) >= 11 is 0. The van der Waals surface area contributed by atoms with E-state index in [9.17, 15) is 9.59 Å². The minimum atomic E-state index is -0.0181. The molecule has 5 rings (SSSR count). The van der Waals surface area contributed by atoms with Crippen molar-refractivity contribution in [3.63, 3.8) is 0 Å². The molecule has 2 aromatic carbocycles. The third kappa shape index (κ3) is 6.15. The van der Waals surface area contributed by atoms with Gasteiger partial charge in [0.05, 0.1) is 0 Å². The van der Waals surface area contributed by atoms with Crippen molar-refractivity contribution in [1.82, 2.24) is 9.80 Å². The van der Waals surface area contributed by atoms with Gasteiger partial charge in [-0.15, -0.1) is 0 Å². The summed E-state index contributed by atoms with van der Waals surface area (Å²) in [6, 6.07) is 11.5. The van der Waals surface area contributed by atoms with E-state index in [1.807, 2.05) is 50.2 Å². The van der Waals surface area contributed by atoms with Gasteiger partial charge in [-0.25, -0.2) is 0 Å². The van der Waals surface area contributed by atoms with E-state index in [-0.39, 0.29) is 23.4 Å². The predicted octanol–water partition coefficient (Wildman–Crippen LogP) is 6.98. The molecule has 0 saturated carbocycles. The average Bonchev–Trinajstić information content (AvgIpc) is 3.32. The molecule has 0 radical (unpaired) electrons. The number of carbonyl (C=O) groups is 2. The second-order valence-electron chi connectivity index (χ2n) is 11.4.